The van der Waals surface area contributed by atoms with Crippen molar-refractivity contribution in [2.24, 2.45) is 11.8 Å². The Labute approximate surface area is 425 Å². The van der Waals surface area contributed by atoms with E-state index in [1.54, 1.807) is 44.0 Å². The van der Waals surface area contributed by atoms with Crippen LogP contribution in [-0.4, -0.2) is 135 Å². The summed E-state index contributed by atoms with van der Waals surface area (Å²) < 4.78 is 23.2. The van der Waals surface area contributed by atoms with Gasteiger partial charge in [0.2, 0.25) is 11.8 Å². The van der Waals surface area contributed by atoms with Crippen molar-refractivity contribution in [3.05, 3.63) is 96.4 Å². The molecule has 24 nitrogen and oxygen atoms in total. The molecule has 4 N–H and O–H groups in total. The SMILES string of the molecule is COC(=O)N[C@H](C(=O)N1C[C@@H](n2cc(COC(C)=O)nn2)CC1c1ncc(-c2ccc(-c3ccc(-c4cnc(C5C[C@H](n6cc(COC(C)=O)nn6)CN5C(=O)[C@@H](NC(=O)OC)C(C)C)[nH]4)cc3)cc2)[nH]1)C(C)C. The lowest BCUT2D eigenvalue weighted by Crippen LogP contribution is -2.51. The quantitative estimate of drug-likeness (QED) is 0.0672. The van der Waals surface area contributed by atoms with Gasteiger partial charge in [0.1, 0.15) is 48.3 Å². The van der Waals surface area contributed by atoms with Crippen LogP contribution in [0.15, 0.2) is 73.3 Å². The van der Waals surface area contributed by atoms with E-state index in [1.165, 1.54) is 28.1 Å². The number of hydrogen-bond donors (Lipinski definition) is 4. The molecule has 2 aliphatic rings. The van der Waals surface area contributed by atoms with Gasteiger partial charge < -0.3 is 49.3 Å². The summed E-state index contributed by atoms with van der Waals surface area (Å²) in [7, 11) is 2.49. The molecule has 0 spiro atoms. The third-order valence-electron chi connectivity index (χ3n) is 13.2. The second-order valence-electron chi connectivity index (χ2n) is 19.0. The summed E-state index contributed by atoms with van der Waals surface area (Å²) in [5.74, 6) is -0.871. The van der Waals surface area contributed by atoms with E-state index in [2.05, 4.69) is 41.2 Å². The number of hydrogen-bond acceptors (Lipinski definition) is 16. The lowest BCUT2D eigenvalue weighted by molar-refractivity contribution is -0.143. The highest BCUT2D eigenvalue weighted by molar-refractivity contribution is 5.87. The minimum absolute atomic E-state index is 0.0328. The Morgan fingerprint density at radius 2 is 0.959 bits per heavy atom. The average Bonchev–Trinajstić information content (AvgIpc) is 4.26. The molecular weight excluding hydrogens is 957 g/mol. The van der Waals surface area contributed by atoms with Crippen LogP contribution >= 0.6 is 0 Å². The molecule has 0 radical (unpaired) electrons. The van der Waals surface area contributed by atoms with Gasteiger partial charge in [-0.05, 0) is 46.9 Å². The monoisotopic (exact) mass is 1020 g/mol. The van der Waals surface area contributed by atoms with Gasteiger partial charge in [-0.3, -0.25) is 19.2 Å². The largest absolute Gasteiger partial charge is 0.459 e. The van der Waals surface area contributed by atoms with Crippen LogP contribution in [0.2, 0.25) is 0 Å². The van der Waals surface area contributed by atoms with Gasteiger partial charge in [0, 0.05) is 26.9 Å². The zero-order chi connectivity index (χ0) is 52.8. The number of carbonyl (C=O) groups excluding carboxylic acids is 6. The maximum Gasteiger partial charge on any atom is 0.407 e. The Balaban J connectivity index is 0.980. The molecule has 6 atom stereocenters. The molecule has 74 heavy (non-hydrogen) atoms. The number of alkyl carbamates (subject to hydrolysis) is 2. The van der Waals surface area contributed by atoms with Gasteiger partial charge in [-0.2, -0.15) is 0 Å². The van der Waals surface area contributed by atoms with E-state index in [0.717, 1.165) is 33.6 Å². The van der Waals surface area contributed by atoms with Crippen molar-refractivity contribution in [2.45, 2.75) is 104 Å². The van der Waals surface area contributed by atoms with Crippen LogP contribution in [0.25, 0.3) is 33.6 Å². The number of benzene rings is 2. The summed E-state index contributed by atoms with van der Waals surface area (Å²) in [5, 5.41) is 22.3. The van der Waals surface area contributed by atoms with Gasteiger partial charge in [0.25, 0.3) is 0 Å². The van der Waals surface area contributed by atoms with E-state index >= 15 is 0 Å². The highest BCUT2D eigenvalue weighted by Gasteiger charge is 2.44. The highest BCUT2D eigenvalue weighted by Crippen LogP contribution is 2.40. The van der Waals surface area contributed by atoms with Crippen LogP contribution in [0.4, 0.5) is 9.59 Å². The zero-order valence-electron chi connectivity index (χ0n) is 42.3. The van der Waals surface area contributed by atoms with Crippen LogP contribution < -0.4 is 10.6 Å². The molecular formula is C50H60N14O10. The fourth-order valence-corrected chi connectivity index (χ4v) is 9.23. The van der Waals surface area contributed by atoms with E-state index in [9.17, 15) is 28.8 Å². The molecule has 0 bridgehead atoms. The van der Waals surface area contributed by atoms with Gasteiger partial charge in [-0.15, -0.1) is 10.2 Å². The van der Waals surface area contributed by atoms with Crippen molar-refractivity contribution in [3.63, 3.8) is 0 Å². The van der Waals surface area contributed by atoms with E-state index in [0.29, 0.717) is 35.9 Å². The van der Waals surface area contributed by atoms with Crippen LogP contribution in [-0.2, 0) is 51.3 Å². The maximum atomic E-state index is 14.2. The molecule has 6 aromatic rings. The molecule has 0 saturated carbocycles. The second-order valence-corrected chi connectivity index (χ2v) is 19.0. The van der Waals surface area contributed by atoms with E-state index in [-0.39, 0.29) is 62.0 Å². The summed E-state index contributed by atoms with van der Waals surface area (Å²) in [6, 6.07) is 12.7. The van der Waals surface area contributed by atoms with Crippen molar-refractivity contribution in [1.29, 1.82) is 0 Å². The second kappa shape index (κ2) is 22.5. The molecule has 2 saturated heterocycles. The normalized spacial score (nSPS) is 18.3. The predicted molar refractivity (Wildman–Crippen MR) is 263 cm³/mol. The van der Waals surface area contributed by atoms with Crippen molar-refractivity contribution in [3.8, 4) is 33.6 Å². The van der Waals surface area contributed by atoms with Crippen molar-refractivity contribution in [1.82, 2.24) is 70.4 Å². The lowest BCUT2D eigenvalue weighted by atomic mass is 10.0. The first-order valence-corrected chi connectivity index (χ1v) is 24.2. The van der Waals surface area contributed by atoms with Crippen LogP contribution in [0.1, 0.15) is 102 Å². The number of nitrogens with one attached hydrogen (secondary N) is 4. The molecule has 8 rings (SSSR count). The molecule has 2 aliphatic heterocycles. The molecule has 2 fully saturated rings. The molecule has 2 aromatic carbocycles. The minimum Gasteiger partial charge on any atom is -0.459 e. The number of nitrogens with zero attached hydrogens (tertiary/aromatic N) is 10. The molecule has 6 heterocycles. The standard InChI is InChI=1S/C50H60N14O10/c1-27(2)43(55-49(69)71-7)47(67)61-23-37(63-21-35(57-59-63)25-73-29(5)65)17-41(61)45-51-19-39(53-45)33-13-9-31(10-14-33)32-11-15-34(16-12-32)40-20-52-46(54-40)42-18-38(64-22-36(58-60-64)26-74-30(6)66)24-62(42)48(68)44(28(3)4)56-50(70)72-8/h9-16,19-22,27-28,37-38,41-44H,17-18,23-26H2,1-8H3,(H,51,53)(H,52,54)(H,55,69)(H,56,70)/t37-,38-,41?,42?,43-,44-/m0/s1. The van der Waals surface area contributed by atoms with Crippen molar-refractivity contribution >= 4 is 35.9 Å². The summed E-state index contributed by atoms with van der Waals surface area (Å²) in [6.07, 6.45) is 6.29. The number of H-pyrrole nitrogens is 2. The fraction of sp³-hybridized carbons (Fsp3) is 0.440. The number of imidazole rings is 2. The predicted octanol–water partition coefficient (Wildman–Crippen LogP) is 5.23. The Hall–Kier alpha value is -8.44. The van der Waals surface area contributed by atoms with Gasteiger partial charge in [0.15, 0.2) is 0 Å². The van der Waals surface area contributed by atoms with Crippen LogP contribution in [0.3, 0.4) is 0 Å². The summed E-state index contributed by atoms with van der Waals surface area (Å²) in [4.78, 5) is 95.8. The number of ether oxygens (including phenoxy) is 4. The number of esters is 2. The first-order valence-electron chi connectivity index (χ1n) is 24.2. The number of aromatic amines is 2. The topological polar surface area (TPSA) is 289 Å². The first-order chi connectivity index (χ1) is 35.5. The third-order valence-corrected chi connectivity index (χ3v) is 13.2. The number of aromatic nitrogens is 10. The fourth-order valence-electron chi connectivity index (χ4n) is 9.23. The van der Waals surface area contributed by atoms with Crippen LogP contribution in [0, 0.1) is 11.8 Å². The third kappa shape index (κ3) is 11.7. The Bertz CT molecular complexity index is 2760. The summed E-state index contributed by atoms with van der Waals surface area (Å²) >= 11 is 0. The maximum absolute atomic E-state index is 14.2. The van der Waals surface area contributed by atoms with E-state index < -0.39 is 48.3 Å². The number of likely N-dealkylation sites (tertiary alicyclic amines) is 2. The first kappa shape index (κ1) is 51.9. The molecule has 390 valence electrons. The Kier molecular flexibility index (Phi) is 15.8. The molecule has 4 amide bonds. The zero-order valence-corrected chi connectivity index (χ0v) is 42.3. The van der Waals surface area contributed by atoms with Gasteiger partial charge in [0.05, 0.1) is 74.6 Å². The van der Waals surface area contributed by atoms with Crippen LogP contribution in [0.5, 0.6) is 0 Å². The van der Waals surface area contributed by atoms with E-state index in [4.69, 9.17) is 28.9 Å². The molecule has 2 unspecified atom stereocenters. The van der Waals surface area contributed by atoms with Gasteiger partial charge >= 0.3 is 24.1 Å². The molecule has 24 heteroatoms. The Morgan fingerprint density at radius 3 is 1.30 bits per heavy atom. The molecule has 0 aliphatic carbocycles. The smallest absolute Gasteiger partial charge is 0.407 e. The Morgan fingerprint density at radius 1 is 0.595 bits per heavy atom. The number of methoxy groups -OCH3 is 2. The van der Waals surface area contributed by atoms with Gasteiger partial charge in [-0.25, -0.2) is 28.9 Å². The number of carbonyl (C=O) groups is 6. The van der Waals surface area contributed by atoms with E-state index in [1.807, 2.05) is 76.2 Å². The van der Waals surface area contributed by atoms with Gasteiger partial charge in [-0.1, -0.05) is 86.7 Å². The number of amides is 4. The molecule has 4 aromatic heterocycles. The average molecular weight is 1020 g/mol. The minimum atomic E-state index is -0.869. The summed E-state index contributed by atoms with van der Waals surface area (Å²) in [5.41, 5.74) is 6.08. The lowest BCUT2D eigenvalue weighted by Gasteiger charge is -2.29. The summed E-state index contributed by atoms with van der Waals surface area (Å²) in [6.45, 7) is 10.4. The highest BCUT2D eigenvalue weighted by atomic mass is 16.5. The van der Waals surface area contributed by atoms with Crippen molar-refractivity contribution in [2.75, 3.05) is 27.3 Å². The van der Waals surface area contributed by atoms with Crippen molar-refractivity contribution < 1.29 is 47.7 Å². The number of rotatable bonds is 17.